The topological polar surface area (TPSA) is 89.8 Å². The van der Waals surface area contributed by atoms with Crippen LogP contribution in [0.4, 0.5) is 0 Å². The van der Waals surface area contributed by atoms with Crippen molar-refractivity contribution in [3.8, 4) is 5.75 Å². The lowest BCUT2D eigenvalue weighted by molar-refractivity contribution is -0.143. The molecule has 0 aromatic heterocycles. The van der Waals surface area contributed by atoms with E-state index in [2.05, 4.69) is 17.4 Å². The Labute approximate surface area is 170 Å². The maximum Gasteiger partial charge on any atom is 0.306 e. The predicted octanol–water partition coefficient (Wildman–Crippen LogP) is 3.78. The van der Waals surface area contributed by atoms with Crippen LogP contribution in [0.15, 0.2) is 53.4 Å². The van der Waals surface area contributed by atoms with Crippen LogP contribution in [0.2, 0.25) is 0 Å². The first-order valence-corrected chi connectivity index (χ1v) is 10.5. The molecule has 0 saturated heterocycles. The number of nitrogens with one attached hydrogen (secondary N) is 1. The number of aliphatic hydroxyl groups is 1. The van der Waals surface area contributed by atoms with Gasteiger partial charge in [-0.15, -0.1) is 11.8 Å². The SMILES string of the molecule is CSc1cc(C(O)(CNC(C)(C)CCc2ccccc2)CC(=O)O)ccc1O. The molecule has 0 fully saturated rings. The highest BCUT2D eigenvalue weighted by Crippen LogP contribution is 2.33. The minimum absolute atomic E-state index is 0.0969. The molecular formula is C22H29NO4S. The molecule has 1 atom stereocenters. The van der Waals surface area contributed by atoms with E-state index in [4.69, 9.17) is 0 Å². The number of hydrogen-bond acceptors (Lipinski definition) is 5. The Morgan fingerprint density at radius 3 is 2.43 bits per heavy atom. The molecule has 152 valence electrons. The molecule has 0 saturated carbocycles. The van der Waals surface area contributed by atoms with E-state index in [1.54, 1.807) is 12.1 Å². The number of aliphatic carboxylic acids is 1. The van der Waals surface area contributed by atoms with Gasteiger partial charge in [0, 0.05) is 17.0 Å². The first kappa shape index (κ1) is 22.3. The standard InChI is InChI=1S/C22H29NO4S/c1-21(2,12-11-16-7-5-4-6-8-16)23-15-22(27,14-20(25)26)17-9-10-18(24)19(13-17)28-3/h4-10,13,23-24,27H,11-12,14-15H2,1-3H3,(H,25,26). The molecule has 0 bridgehead atoms. The van der Waals surface area contributed by atoms with Gasteiger partial charge >= 0.3 is 5.97 Å². The van der Waals surface area contributed by atoms with Crippen molar-refractivity contribution in [2.75, 3.05) is 12.8 Å². The Morgan fingerprint density at radius 1 is 1.14 bits per heavy atom. The Bertz CT molecular complexity index is 794. The molecule has 5 nitrogen and oxygen atoms in total. The van der Waals surface area contributed by atoms with Crippen LogP contribution < -0.4 is 5.32 Å². The van der Waals surface area contributed by atoms with E-state index < -0.39 is 18.0 Å². The third-order valence-electron chi connectivity index (χ3n) is 4.90. The number of aryl methyl sites for hydroxylation is 1. The molecule has 0 aliphatic carbocycles. The number of phenolic OH excluding ortho intramolecular Hbond substituents is 1. The van der Waals surface area contributed by atoms with Gasteiger partial charge in [0.1, 0.15) is 11.4 Å². The maximum absolute atomic E-state index is 11.4. The van der Waals surface area contributed by atoms with Crippen LogP contribution in [0.5, 0.6) is 5.75 Å². The lowest BCUT2D eigenvalue weighted by atomic mass is 9.88. The Hall–Kier alpha value is -2.02. The third-order valence-corrected chi connectivity index (χ3v) is 5.67. The highest BCUT2D eigenvalue weighted by molar-refractivity contribution is 7.98. The molecule has 0 aliphatic heterocycles. The summed E-state index contributed by atoms with van der Waals surface area (Å²) >= 11 is 1.35. The first-order chi connectivity index (χ1) is 13.1. The van der Waals surface area contributed by atoms with Gasteiger partial charge < -0.3 is 20.6 Å². The highest BCUT2D eigenvalue weighted by Gasteiger charge is 2.34. The fourth-order valence-corrected chi connectivity index (χ4v) is 3.58. The Morgan fingerprint density at radius 2 is 1.82 bits per heavy atom. The predicted molar refractivity (Wildman–Crippen MR) is 113 cm³/mol. The van der Waals surface area contributed by atoms with Crippen LogP contribution in [-0.2, 0) is 16.8 Å². The number of benzene rings is 2. The number of thioether (sulfide) groups is 1. The summed E-state index contributed by atoms with van der Waals surface area (Å²) in [5, 5.41) is 33.7. The largest absolute Gasteiger partial charge is 0.507 e. The molecule has 1 unspecified atom stereocenters. The van der Waals surface area contributed by atoms with Gasteiger partial charge in [0.25, 0.3) is 0 Å². The fourth-order valence-electron chi connectivity index (χ4n) is 3.06. The number of hydrogen-bond donors (Lipinski definition) is 4. The lowest BCUT2D eigenvalue weighted by Gasteiger charge is -2.34. The zero-order valence-electron chi connectivity index (χ0n) is 16.6. The van der Waals surface area contributed by atoms with Crippen molar-refractivity contribution in [2.24, 2.45) is 0 Å². The first-order valence-electron chi connectivity index (χ1n) is 9.26. The van der Waals surface area contributed by atoms with Gasteiger partial charge in [-0.25, -0.2) is 0 Å². The highest BCUT2D eigenvalue weighted by atomic mass is 32.2. The summed E-state index contributed by atoms with van der Waals surface area (Å²) in [4.78, 5) is 12.0. The van der Waals surface area contributed by atoms with Crippen molar-refractivity contribution >= 4 is 17.7 Å². The number of aromatic hydroxyl groups is 1. The molecule has 6 heteroatoms. The normalized spacial score (nSPS) is 13.9. The Kier molecular flexibility index (Phi) is 7.52. The molecule has 2 aromatic carbocycles. The minimum Gasteiger partial charge on any atom is -0.507 e. The van der Waals surface area contributed by atoms with E-state index in [0.717, 1.165) is 12.8 Å². The maximum atomic E-state index is 11.4. The van der Waals surface area contributed by atoms with Crippen molar-refractivity contribution in [3.63, 3.8) is 0 Å². The molecule has 0 radical (unpaired) electrons. The minimum atomic E-state index is -1.58. The van der Waals surface area contributed by atoms with E-state index in [9.17, 15) is 20.1 Å². The third kappa shape index (κ3) is 6.26. The number of carboxylic acids is 1. The second-order valence-electron chi connectivity index (χ2n) is 7.71. The van der Waals surface area contributed by atoms with Gasteiger partial charge in [0.2, 0.25) is 0 Å². The summed E-state index contributed by atoms with van der Waals surface area (Å²) in [6, 6.07) is 14.9. The van der Waals surface area contributed by atoms with E-state index in [0.29, 0.717) is 10.5 Å². The average Bonchev–Trinajstić information content (AvgIpc) is 2.66. The molecule has 0 spiro atoms. The van der Waals surface area contributed by atoms with Gasteiger partial charge in [-0.3, -0.25) is 4.79 Å². The van der Waals surface area contributed by atoms with Crippen molar-refractivity contribution in [2.45, 2.75) is 49.1 Å². The van der Waals surface area contributed by atoms with Gasteiger partial charge in [0.15, 0.2) is 0 Å². The Balaban J connectivity index is 2.13. The number of phenols is 1. The van der Waals surface area contributed by atoms with Crippen LogP contribution in [0, 0.1) is 0 Å². The number of carboxylic acid groups (broad SMARTS) is 1. The summed E-state index contributed by atoms with van der Waals surface area (Å²) in [6.45, 7) is 4.18. The van der Waals surface area contributed by atoms with Crippen molar-refractivity contribution in [3.05, 3.63) is 59.7 Å². The fraction of sp³-hybridized carbons (Fsp3) is 0.409. The van der Waals surface area contributed by atoms with Gasteiger partial charge in [-0.05, 0) is 56.2 Å². The van der Waals surface area contributed by atoms with Gasteiger partial charge in [-0.1, -0.05) is 36.4 Å². The summed E-state index contributed by atoms with van der Waals surface area (Å²) in [7, 11) is 0. The van der Waals surface area contributed by atoms with E-state index in [1.165, 1.54) is 23.4 Å². The molecule has 28 heavy (non-hydrogen) atoms. The van der Waals surface area contributed by atoms with Crippen LogP contribution in [0.1, 0.15) is 37.8 Å². The number of carbonyl (C=O) groups is 1. The summed E-state index contributed by atoms with van der Waals surface area (Å²) < 4.78 is 0. The molecule has 4 N–H and O–H groups in total. The zero-order valence-corrected chi connectivity index (χ0v) is 17.4. The number of β-amino-alcohol motifs (C(OH)–C–C–N with tert-alkyl or cyclic N) is 1. The van der Waals surface area contributed by atoms with Crippen LogP contribution in [-0.4, -0.2) is 39.6 Å². The molecular weight excluding hydrogens is 374 g/mol. The van der Waals surface area contributed by atoms with Crippen molar-refractivity contribution in [1.82, 2.24) is 5.32 Å². The zero-order chi connectivity index (χ0) is 20.8. The van der Waals surface area contributed by atoms with E-state index in [-0.39, 0.29) is 17.8 Å². The molecule has 0 aliphatic rings. The summed E-state index contributed by atoms with van der Waals surface area (Å²) in [5.74, 6) is -0.963. The lowest BCUT2D eigenvalue weighted by Crippen LogP contribution is -2.48. The molecule has 0 heterocycles. The second kappa shape index (κ2) is 9.45. The van der Waals surface area contributed by atoms with Crippen molar-refractivity contribution < 1.29 is 20.1 Å². The van der Waals surface area contributed by atoms with Gasteiger partial charge in [0.05, 0.1) is 6.42 Å². The van der Waals surface area contributed by atoms with Crippen LogP contribution in [0.3, 0.4) is 0 Å². The monoisotopic (exact) mass is 403 g/mol. The van der Waals surface area contributed by atoms with Crippen LogP contribution >= 0.6 is 11.8 Å². The summed E-state index contributed by atoms with van der Waals surface area (Å²) in [5.41, 5.74) is -0.153. The van der Waals surface area contributed by atoms with E-state index in [1.807, 2.05) is 38.3 Å². The van der Waals surface area contributed by atoms with Crippen molar-refractivity contribution in [1.29, 1.82) is 0 Å². The smallest absolute Gasteiger partial charge is 0.306 e. The van der Waals surface area contributed by atoms with Crippen LogP contribution in [0.25, 0.3) is 0 Å². The molecule has 2 aromatic rings. The molecule has 0 amide bonds. The number of rotatable bonds is 10. The average molecular weight is 404 g/mol. The van der Waals surface area contributed by atoms with E-state index >= 15 is 0 Å². The summed E-state index contributed by atoms with van der Waals surface area (Å²) in [6.07, 6.45) is 3.12. The van der Waals surface area contributed by atoms with Gasteiger partial charge in [-0.2, -0.15) is 0 Å². The molecule has 2 rings (SSSR count). The quantitative estimate of drug-likeness (QED) is 0.452. The second-order valence-corrected chi connectivity index (χ2v) is 8.56.